The molecule has 0 saturated carbocycles. The van der Waals surface area contributed by atoms with Gasteiger partial charge in [-0.25, -0.2) is 0 Å². The summed E-state index contributed by atoms with van der Waals surface area (Å²) in [7, 11) is 0. The minimum atomic E-state index is -0.0366. The minimum Gasteiger partial charge on any atom is -0.372 e. The minimum absolute atomic E-state index is 0.0366. The number of morpholine rings is 1. The van der Waals surface area contributed by atoms with Crippen LogP contribution < -0.4 is 0 Å². The van der Waals surface area contributed by atoms with E-state index in [0.29, 0.717) is 12.2 Å². The first-order valence-electron chi connectivity index (χ1n) is 6.92. The van der Waals surface area contributed by atoms with E-state index in [1.165, 1.54) is 12.8 Å². The molecule has 2 aliphatic rings. The summed E-state index contributed by atoms with van der Waals surface area (Å²) in [6, 6.07) is 0. The van der Waals surface area contributed by atoms with Crippen LogP contribution in [0.4, 0.5) is 0 Å². The van der Waals surface area contributed by atoms with Gasteiger partial charge in [-0.2, -0.15) is 0 Å². The first-order valence-corrected chi connectivity index (χ1v) is 6.92. The smallest absolute Gasteiger partial charge is 0.158 e. The fourth-order valence-electron chi connectivity index (χ4n) is 2.76. The topological polar surface area (TPSA) is 30.9 Å². The Labute approximate surface area is 104 Å². The molecule has 4 heteroatoms. The van der Waals surface area contributed by atoms with Crippen LogP contribution in [0.3, 0.4) is 0 Å². The van der Waals surface area contributed by atoms with Crippen molar-refractivity contribution >= 4 is 0 Å². The second kappa shape index (κ2) is 6.69. The Balaban J connectivity index is 1.69. The van der Waals surface area contributed by atoms with Crippen LogP contribution in [-0.2, 0) is 14.2 Å². The van der Waals surface area contributed by atoms with Crippen molar-refractivity contribution in [3.05, 3.63) is 0 Å². The molecule has 0 radical (unpaired) electrons. The highest BCUT2D eigenvalue weighted by Crippen LogP contribution is 2.26. The number of hydrogen-bond acceptors (Lipinski definition) is 4. The Bertz CT molecular complexity index is 207. The van der Waals surface area contributed by atoms with E-state index < -0.39 is 0 Å². The molecule has 2 saturated heterocycles. The molecule has 2 fully saturated rings. The summed E-state index contributed by atoms with van der Waals surface area (Å²) in [6.07, 6.45) is 4.35. The number of ether oxygens (including phenoxy) is 3. The van der Waals surface area contributed by atoms with Gasteiger partial charge in [0, 0.05) is 39.3 Å². The summed E-state index contributed by atoms with van der Waals surface area (Å²) >= 11 is 0. The molecule has 0 N–H and O–H groups in total. The standard InChI is InChI=1S/C13H25NO3/c1-3-15-13(16-4-2)7-8-14-9-11-5-6-12(10-14)17-11/h11-13H,3-10H2,1-2H3. The van der Waals surface area contributed by atoms with Crippen LogP contribution in [0.25, 0.3) is 0 Å². The van der Waals surface area contributed by atoms with Crippen molar-refractivity contribution in [2.45, 2.75) is 51.6 Å². The van der Waals surface area contributed by atoms with Gasteiger partial charge in [0.25, 0.3) is 0 Å². The predicted molar refractivity (Wildman–Crippen MR) is 66.0 cm³/mol. The second-order valence-electron chi connectivity index (χ2n) is 4.85. The van der Waals surface area contributed by atoms with Crippen molar-refractivity contribution in [3.8, 4) is 0 Å². The summed E-state index contributed by atoms with van der Waals surface area (Å²) in [5, 5.41) is 0. The molecule has 100 valence electrons. The van der Waals surface area contributed by atoms with Crippen LogP contribution in [0.15, 0.2) is 0 Å². The van der Waals surface area contributed by atoms with Crippen molar-refractivity contribution in [1.82, 2.24) is 4.90 Å². The van der Waals surface area contributed by atoms with Gasteiger partial charge < -0.3 is 14.2 Å². The molecule has 0 amide bonds. The van der Waals surface area contributed by atoms with E-state index in [2.05, 4.69) is 4.90 Å². The lowest BCUT2D eigenvalue weighted by atomic mass is 10.2. The molecular formula is C13H25NO3. The van der Waals surface area contributed by atoms with Crippen molar-refractivity contribution in [2.24, 2.45) is 0 Å². The van der Waals surface area contributed by atoms with Gasteiger partial charge in [-0.3, -0.25) is 4.90 Å². The van der Waals surface area contributed by atoms with E-state index >= 15 is 0 Å². The molecule has 2 bridgehead atoms. The van der Waals surface area contributed by atoms with Crippen molar-refractivity contribution in [2.75, 3.05) is 32.8 Å². The van der Waals surface area contributed by atoms with Gasteiger partial charge >= 0.3 is 0 Å². The maximum Gasteiger partial charge on any atom is 0.158 e. The highest BCUT2D eigenvalue weighted by molar-refractivity contribution is 4.84. The molecule has 2 rings (SSSR count). The van der Waals surface area contributed by atoms with Crippen LogP contribution in [0, 0.1) is 0 Å². The maximum atomic E-state index is 5.83. The Morgan fingerprint density at radius 2 is 1.71 bits per heavy atom. The first-order chi connectivity index (χ1) is 8.31. The number of rotatable bonds is 7. The van der Waals surface area contributed by atoms with Crippen LogP contribution in [-0.4, -0.2) is 56.2 Å². The fourth-order valence-corrected chi connectivity index (χ4v) is 2.76. The average molecular weight is 243 g/mol. The molecule has 17 heavy (non-hydrogen) atoms. The van der Waals surface area contributed by atoms with Gasteiger partial charge in [0.1, 0.15) is 0 Å². The van der Waals surface area contributed by atoms with E-state index in [4.69, 9.17) is 14.2 Å². The largest absolute Gasteiger partial charge is 0.372 e. The van der Waals surface area contributed by atoms with Gasteiger partial charge in [0.2, 0.25) is 0 Å². The van der Waals surface area contributed by atoms with Gasteiger partial charge in [-0.05, 0) is 26.7 Å². The summed E-state index contributed by atoms with van der Waals surface area (Å²) in [5.74, 6) is 0. The molecule has 2 aliphatic heterocycles. The molecule has 0 aliphatic carbocycles. The van der Waals surface area contributed by atoms with Crippen LogP contribution in [0.2, 0.25) is 0 Å². The Morgan fingerprint density at radius 1 is 1.12 bits per heavy atom. The van der Waals surface area contributed by atoms with E-state index in [1.807, 2.05) is 13.8 Å². The third kappa shape index (κ3) is 3.91. The van der Waals surface area contributed by atoms with Crippen molar-refractivity contribution in [3.63, 3.8) is 0 Å². The van der Waals surface area contributed by atoms with Crippen LogP contribution in [0.5, 0.6) is 0 Å². The van der Waals surface area contributed by atoms with E-state index in [9.17, 15) is 0 Å². The zero-order valence-electron chi connectivity index (χ0n) is 11.1. The zero-order valence-corrected chi connectivity index (χ0v) is 11.1. The highest BCUT2D eigenvalue weighted by Gasteiger charge is 2.33. The van der Waals surface area contributed by atoms with E-state index in [1.54, 1.807) is 0 Å². The normalized spacial score (nSPS) is 29.1. The lowest BCUT2D eigenvalue weighted by Gasteiger charge is -2.32. The molecule has 0 aromatic heterocycles. The first kappa shape index (κ1) is 13.3. The lowest BCUT2D eigenvalue weighted by molar-refractivity contribution is -0.144. The van der Waals surface area contributed by atoms with Crippen LogP contribution >= 0.6 is 0 Å². The molecule has 2 atom stereocenters. The zero-order chi connectivity index (χ0) is 12.1. The average Bonchev–Trinajstić information content (AvgIpc) is 2.66. The number of hydrogen-bond donors (Lipinski definition) is 0. The van der Waals surface area contributed by atoms with Gasteiger partial charge in [-0.15, -0.1) is 0 Å². The summed E-state index contributed by atoms with van der Waals surface area (Å²) in [6.45, 7) is 8.70. The Hall–Kier alpha value is -0.160. The lowest BCUT2D eigenvalue weighted by Crippen LogP contribution is -2.43. The number of likely N-dealkylation sites (tertiary alicyclic amines) is 1. The molecular weight excluding hydrogens is 218 g/mol. The number of nitrogens with zero attached hydrogens (tertiary/aromatic N) is 1. The third-order valence-corrected chi connectivity index (χ3v) is 3.51. The number of fused-ring (bicyclic) bond motifs is 2. The predicted octanol–water partition coefficient (Wildman–Crippen LogP) is 1.64. The molecule has 2 heterocycles. The van der Waals surface area contributed by atoms with E-state index in [0.717, 1.165) is 39.3 Å². The SMILES string of the molecule is CCOC(CCN1CC2CCC(C1)O2)OCC. The van der Waals surface area contributed by atoms with Crippen molar-refractivity contribution < 1.29 is 14.2 Å². The van der Waals surface area contributed by atoms with E-state index in [-0.39, 0.29) is 6.29 Å². The fraction of sp³-hybridized carbons (Fsp3) is 1.00. The second-order valence-corrected chi connectivity index (χ2v) is 4.85. The van der Waals surface area contributed by atoms with Crippen molar-refractivity contribution in [1.29, 1.82) is 0 Å². The Morgan fingerprint density at radius 3 is 2.24 bits per heavy atom. The molecule has 0 aromatic carbocycles. The highest BCUT2D eigenvalue weighted by atomic mass is 16.7. The molecule has 4 nitrogen and oxygen atoms in total. The maximum absolute atomic E-state index is 5.83. The Kier molecular flexibility index (Phi) is 5.22. The molecule has 2 unspecified atom stereocenters. The van der Waals surface area contributed by atoms with Gasteiger partial charge in [0.05, 0.1) is 12.2 Å². The summed E-state index contributed by atoms with van der Waals surface area (Å²) < 4.78 is 17.0. The molecule has 0 aromatic rings. The quantitative estimate of drug-likeness (QED) is 0.636. The van der Waals surface area contributed by atoms with Gasteiger partial charge in [-0.1, -0.05) is 0 Å². The molecule has 0 spiro atoms. The summed E-state index contributed by atoms with van der Waals surface area (Å²) in [5.41, 5.74) is 0. The monoisotopic (exact) mass is 243 g/mol. The van der Waals surface area contributed by atoms with Gasteiger partial charge in [0.15, 0.2) is 6.29 Å². The summed E-state index contributed by atoms with van der Waals surface area (Å²) in [4.78, 5) is 2.50. The van der Waals surface area contributed by atoms with Crippen LogP contribution in [0.1, 0.15) is 33.1 Å². The third-order valence-electron chi connectivity index (χ3n) is 3.51.